The highest BCUT2D eigenvalue weighted by Gasteiger charge is 2.40. The normalized spacial score (nSPS) is 29.8. The Morgan fingerprint density at radius 1 is 1.25 bits per heavy atom. The molecule has 2 aliphatic heterocycles. The van der Waals surface area contributed by atoms with Crippen LogP contribution in [0, 0.1) is 5.41 Å². The molecule has 1 unspecified atom stereocenters. The van der Waals surface area contributed by atoms with Crippen molar-refractivity contribution in [3.8, 4) is 0 Å². The van der Waals surface area contributed by atoms with E-state index in [-0.39, 0.29) is 12.4 Å². The lowest BCUT2D eigenvalue weighted by Crippen LogP contribution is -2.28. The number of nitrogens with one attached hydrogen (secondary N) is 1. The Morgan fingerprint density at radius 3 is 2.90 bits per heavy atom. The average molecular weight is 293 g/mol. The number of nitrogens with zero attached hydrogens (tertiary/aromatic N) is 1. The van der Waals surface area contributed by atoms with E-state index in [2.05, 4.69) is 34.5 Å². The van der Waals surface area contributed by atoms with Gasteiger partial charge in [-0.2, -0.15) is 0 Å². The van der Waals surface area contributed by atoms with Gasteiger partial charge in [0.25, 0.3) is 0 Å². The summed E-state index contributed by atoms with van der Waals surface area (Å²) in [5, 5.41) is 3.55. The molecule has 20 heavy (non-hydrogen) atoms. The first-order valence-corrected chi connectivity index (χ1v) is 7.85. The number of halogens is 1. The molecular weight excluding hydrogens is 268 g/mol. The first-order valence-electron chi connectivity index (χ1n) is 7.85. The van der Waals surface area contributed by atoms with Gasteiger partial charge >= 0.3 is 0 Å². The van der Waals surface area contributed by atoms with E-state index in [1.807, 2.05) is 0 Å². The van der Waals surface area contributed by atoms with Gasteiger partial charge in [-0.15, -0.1) is 12.4 Å². The maximum absolute atomic E-state index is 3.55. The summed E-state index contributed by atoms with van der Waals surface area (Å²) in [6.07, 6.45) is 5.58. The molecule has 0 bridgehead atoms. The Kier molecular flexibility index (Phi) is 4.07. The maximum Gasteiger partial charge on any atom is 0.0234 e. The average Bonchev–Trinajstić information content (AvgIpc) is 3.08. The van der Waals surface area contributed by atoms with Gasteiger partial charge < -0.3 is 5.32 Å². The topological polar surface area (TPSA) is 15.3 Å². The zero-order valence-corrected chi connectivity index (χ0v) is 12.9. The Balaban J connectivity index is 0.00000121. The Morgan fingerprint density at radius 2 is 2.15 bits per heavy atom. The fourth-order valence-corrected chi connectivity index (χ4v) is 3.93. The summed E-state index contributed by atoms with van der Waals surface area (Å²) in [6, 6.07) is 9.33. The summed E-state index contributed by atoms with van der Waals surface area (Å²) < 4.78 is 0. The first kappa shape index (κ1) is 14.4. The molecule has 1 aromatic carbocycles. The number of likely N-dealkylation sites (tertiary alicyclic amines) is 1. The number of rotatable bonds is 3. The van der Waals surface area contributed by atoms with Crippen molar-refractivity contribution in [1.29, 1.82) is 0 Å². The number of hydrogen-bond acceptors (Lipinski definition) is 2. The first-order chi connectivity index (χ1) is 9.33. The Hall–Kier alpha value is -0.570. The fourth-order valence-electron chi connectivity index (χ4n) is 3.93. The largest absolute Gasteiger partial charge is 0.316 e. The minimum Gasteiger partial charge on any atom is -0.316 e. The number of hydrogen-bond donors (Lipinski definition) is 1. The van der Waals surface area contributed by atoms with Crippen LogP contribution in [-0.2, 0) is 6.54 Å². The molecule has 2 saturated heterocycles. The third-order valence-corrected chi connectivity index (χ3v) is 5.26. The SMILES string of the molecule is Cl.c1cc(CN2CCC3(CCNC3)C2)cc(C2CC2)c1. The second-order valence-corrected chi connectivity index (χ2v) is 6.91. The zero-order valence-electron chi connectivity index (χ0n) is 12.1. The highest BCUT2D eigenvalue weighted by molar-refractivity contribution is 5.85. The van der Waals surface area contributed by atoms with Crippen LogP contribution >= 0.6 is 12.4 Å². The molecule has 1 aliphatic carbocycles. The van der Waals surface area contributed by atoms with Crippen molar-refractivity contribution in [3.63, 3.8) is 0 Å². The van der Waals surface area contributed by atoms with E-state index in [4.69, 9.17) is 0 Å². The molecule has 110 valence electrons. The quantitative estimate of drug-likeness (QED) is 0.920. The van der Waals surface area contributed by atoms with Crippen LogP contribution in [0.15, 0.2) is 24.3 Å². The van der Waals surface area contributed by atoms with Crippen molar-refractivity contribution in [1.82, 2.24) is 10.2 Å². The van der Waals surface area contributed by atoms with Crippen molar-refractivity contribution in [2.24, 2.45) is 5.41 Å². The molecule has 3 heteroatoms. The van der Waals surface area contributed by atoms with Gasteiger partial charge in [-0.3, -0.25) is 4.90 Å². The predicted octanol–water partition coefficient (Wildman–Crippen LogP) is 3.17. The van der Waals surface area contributed by atoms with Crippen LogP contribution in [0.2, 0.25) is 0 Å². The number of benzene rings is 1. The minimum atomic E-state index is 0. The van der Waals surface area contributed by atoms with Gasteiger partial charge in [-0.25, -0.2) is 0 Å². The van der Waals surface area contributed by atoms with Crippen LogP contribution in [0.25, 0.3) is 0 Å². The fraction of sp³-hybridized carbons (Fsp3) is 0.647. The van der Waals surface area contributed by atoms with E-state index < -0.39 is 0 Å². The minimum absolute atomic E-state index is 0. The summed E-state index contributed by atoms with van der Waals surface area (Å²) in [6.45, 7) is 6.21. The van der Waals surface area contributed by atoms with Crippen LogP contribution in [0.1, 0.15) is 42.7 Å². The molecule has 3 aliphatic rings. The lowest BCUT2D eigenvalue weighted by molar-refractivity contribution is 0.268. The lowest BCUT2D eigenvalue weighted by atomic mass is 9.86. The Bertz CT molecular complexity index is 464. The third kappa shape index (κ3) is 2.88. The van der Waals surface area contributed by atoms with Crippen LogP contribution in [-0.4, -0.2) is 31.1 Å². The Labute approximate surface area is 128 Å². The molecule has 1 spiro atoms. The predicted molar refractivity (Wildman–Crippen MR) is 85.5 cm³/mol. The van der Waals surface area contributed by atoms with Gasteiger partial charge in [0.05, 0.1) is 0 Å². The molecule has 1 aromatic rings. The van der Waals surface area contributed by atoms with Crippen molar-refractivity contribution in [2.75, 3.05) is 26.2 Å². The van der Waals surface area contributed by atoms with Crippen molar-refractivity contribution >= 4 is 12.4 Å². The van der Waals surface area contributed by atoms with Crippen molar-refractivity contribution in [2.45, 2.75) is 38.1 Å². The van der Waals surface area contributed by atoms with Crippen LogP contribution in [0.4, 0.5) is 0 Å². The standard InChI is InChI=1S/C17H24N2.ClH/c1-2-14(10-16(3-1)15-4-5-15)11-19-9-7-17(13-19)6-8-18-12-17;/h1-3,10,15,18H,4-9,11-13H2;1H. The van der Waals surface area contributed by atoms with E-state index in [9.17, 15) is 0 Å². The van der Waals surface area contributed by atoms with E-state index in [0.29, 0.717) is 5.41 Å². The van der Waals surface area contributed by atoms with Crippen molar-refractivity contribution < 1.29 is 0 Å². The van der Waals surface area contributed by atoms with Gasteiger partial charge in [-0.05, 0) is 61.2 Å². The van der Waals surface area contributed by atoms with Gasteiger partial charge in [-0.1, -0.05) is 24.3 Å². The monoisotopic (exact) mass is 292 g/mol. The molecular formula is C17H25ClN2. The van der Waals surface area contributed by atoms with Gasteiger partial charge in [0, 0.05) is 19.6 Å². The van der Waals surface area contributed by atoms with Gasteiger partial charge in [0.2, 0.25) is 0 Å². The third-order valence-electron chi connectivity index (χ3n) is 5.26. The summed E-state index contributed by atoms with van der Waals surface area (Å²) >= 11 is 0. The highest BCUT2D eigenvalue weighted by Crippen LogP contribution is 2.40. The highest BCUT2D eigenvalue weighted by atomic mass is 35.5. The second kappa shape index (κ2) is 5.67. The summed E-state index contributed by atoms with van der Waals surface area (Å²) in [7, 11) is 0. The molecule has 2 nitrogen and oxygen atoms in total. The molecule has 3 fully saturated rings. The lowest BCUT2D eigenvalue weighted by Gasteiger charge is -2.23. The van der Waals surface area contributed by atoms with E-state index in [1.54, 1.807) is 5.56 Å². The summed E-state index contributed by atoms with van der Waals surface area (Å²) in [5.41, 5.74) is 3.70. The van der Waals surface area contributed by atoms with Gasteiger partial charge in [0.15, 0.2) is 0 Å². The second-order valence-electron chi connectivity index (χ2n) is 6.91. The molecule has 0 aromatic heterocycles. The van der Waals surface area contributed by atoms with Gasteiger partial charge in [0.1, 0.15) is 0 Å². The van der Waals surface area contributed by atoms with Crippen LogP contribution < -0.4 is 5.32 Å². The molecule has 2 heterocycles. The molecule has 0 amide bonds. The molecule has 0 radical (unpaired) electrons. The molecule has 1 N–H and O–H groups in total. The maximum atomic E-state index is 3.55. The van der Waals surface area contributed by atoms with E-state index in [0.717, 1.165) is 12.5 Å². The molecule has 4 rings (SSSR count). The smallest absolute Gasteiger partial charge is 0.0234 e. The summed E-state index contributed by atoms with van der Waals surface area (Å²) in [5.74, 6) is 0.879. The summed E-state index contributed by atoms with van der Waals surface area (Å²) in [4.78, 5) is 2.67. The van der Waals surface area contributed by atoms with Crippen LogP contribution in [0.3, 0.4) is 0 Å². The molecule has 1 saturated carbocycles. The molecule has 1 atom stereocenters. The van der Waals surface area contributed by atoms with E-state index in [1.165, 1.54) is 57.4 Å². The van der Waals surface area contributed by atoms with Crippen molar-refractivity contribution in [3.05, 3.63) is 35.4 Å². The van der Waals surface area contributed by atoms with Crippen LogP contribution in [0.5, 0.6) is 0 Å². The zero-order chi connectivity index (χ0) is 12.7. The van der Waals surface area contributed by atoms with E-state index >= 15 is 0 Å².